The predicted molar refractivity (Wildman–Crippen MR) is 86.0 cm³/mol. The highest BCUT2D eigenvalue weighted by atomic mass is 32.2. The molecule has 1 heterocycles. The summed E-state index contributed by atoms with van der Waals surface area (Å²) in [5.74, 6) is 1.33. The third-order valence-corrected chi connectivity index (χ3v) is 7.81. The second-order valence-corrected chi connectivity index (χ2v) is 9.07. The Morgan fingerprint density at radius 2 is 1.65 bits per heavy atom. The molecular weight excluding hydrogens is 315 g/mol. The lowest BCUT2D eigenvalue weighted by Gasteiger charge is -2.40. The first kappa shape index (κ1) is 15.5. The van der Waals surface area contributed by atoms with E-state index < -0.39 is 15.8 Å². The van der Waals surface area contributed by atoms with Crippen molar-refractivity contribution in [2.75, 3.05) is 26.2 Å². The summed E-state index contributed by atoms with van der Waals surface area (Å²) in [5, 5.41) is 0. The molecule has 1 aromatic carbocycles. The Morgan fingerprint density at radius 1 is 0.957 bits per heavy atom. The second kappa shape index (κ2) is 5.83. The number of hydrogen-bond acceptors (Lipinski definition) is 3. The van der Waals surface area contributed by atoms with E-state index in [9.17, 15) is 12.8 Å². The van der Waals surface area contributed by atoms with Crippen LogP contribution < -0.4 is 0 Å². The first-order valence-corrected chi connectivity index (χ1v) is 9.98. The van der Waals surface area contributed by atoms with Crippen LogP contribution in [0.2, 0.25) is 0 Å². The minimum absolute atomic E-state index is 0.187. The van der Waals surface area contributed by atoms with Gasteiger partial charge in [-0.2, -0.15) is 4.31 Å². The number of halogens is 1. The number of hydrogen-bond donors (Lipinski definition) is 0. The Hall–Kier alpha value is -0.980. The largest absolute Gasteiger partial charge is 0.297 e. The lowest BCUT2D eigenvalue weighted by atomic mass is 9.93. The Labute approximate surface area is 137 Å². The lowest BCUT2D eigenvalue weighted by molar-refractivity contribution is 0.101. The molecule has 0 radical (unpaired) electrons. The van der Waals surface area contributed by atoms with Gasteiger partial charge in [-0.3, -0.25) is 4.90 Å². The van der Waals surface area contributed by atoms with E-state index in [1.807, 2.05) is 0 Å². The molecule has 1 aromatic rings. The normalized spacial score (nSPS) is 32.5. The van der Waals surface area contributed by atoms with Gasteiger partial charge in [-0.05, 0) is 55.4 Å². The van der Waals surface area contributed by atoms with Crippen molar-refractivity contribution >= 4 is 10.0 Å². The van der Waals surface area contributed by atoms with Gasteiger partial charge in [0.05, 0.1) is 4.90 Å². The van der Waals surface area contributed by atoms with E-state index in [0.29, 0.717) is 19.1 Å². The van der Waals surface area contributed by atoms with E-state index in [-0.39, 0.29) is 4.90 Å². The van der Waals surface area contributed by atoms with Crippen LogP contribution in [0.3, 0.4) is 0 Å². The average molecular weight is 338 g/mol. The van der Waals surface area contributed by atoms with Gasteiger partial charge in [0.2, 0.25) is 10.0 Å². The van der Waals surface area contributed by atoms with Crippen molar-refractivity contribution in [2.45, 2.75) is 36.6 Å². The van der Waals surface area contributed by atoms with E-state index in [0.717, 1.165) is 24.9 Å². The molecular formula is C17H23FN2O2S. The van der Waals surface area contributed by atoms with Crippen LogP contribution in [0.5, 0.6) is 0 Å². The molecule has 4 rings (SSSR count). The summed E-state index contributed by atoms with van der Waals surface area (Å²) in [7, 11) is -3.50. The Kier molecular flexibility index (Phi) is 3.94. The maximum absolute atomic E-state index is 13.0. The molecule has 2 bridgehead atoms. The van der Waals surface area contributed by atoms with Crippen LogP contribution >= 0.6 is 0 Å². The van der Waals surface area contributed by atoms with Crippen LogP contribution in [0.4, 0.5) is 4.39 Å². The monoisotopic (exact) mass is 338 g/mol. The standard InChI is InChI=1S/C17H23FN2O2S/c18-15-3-5-16(6-4-15)23(21,22)20-9-7-19(8-10-20)17-12-13-1-2-14(17)11-13/h3-6,13-14,17H,1-2,7-12H2/t13-,14-,17-/m0/s1. The summed E-state index contributed by atoms with van der Waals surface area (Å²) in [5.41, 5.74) is 0. The minimum atomic E-state index is -3.50. The lowest BCUT2D eigenvalue weighted by Crippen LogP contribution is -2.53. The van der Waals surface area contributed by atoms with Gasteiger partial charge in [0.15, 0.2) is 0 Å². The first-order valence-electron chi connectivity index (χ1n) is 8.54. The van der Waals surface area contributed by atoms with Crippen molar-refractivity contribution in [3.05, 3.63) is 30.1 Å². The molecule has 6 heteroatoms. The van der Waals surface area contributed by atoms with Gasteiger partial charge in [0, 0.05) is 32.2 Å². The molecule has 2 saturated carbocycles. The van der Waals surface area contributed by atoms with Gasteiger partial charge >= 0.3 is 0 Å². The number of nitrogens with zero attached hydrogens (tertiary/aromatic N) is 2. The Bertz CT molecular complexity index is 668. The van der Waals surface area contributed by atoms with Crippen molar-refractivity contribution in [2.24, 2.45) is 11.8 Å². The minimum Gasteiger partial charge on any atom is -0.297 e. The fourth-order valence-corrected chi connectivity index (χ4v) is 6.11. The maximum Gasteiger partial charge on any atom is 0.243 e. The molecule has 3 fully saturated rings. The van der Waals surface area contributed by atoms with Crippen molar-refractivity contribution in [1.82, 2.24) is 9.21 Å². The number of benzene rings is 1. The summed E-state index contributed by atoms with van der Waals surface area (Å²) < 4.78 is 39.8. The predicted octanol–water partition coefficient (Wildman–Crippen LogP) is 2.32. The van der Waals surface area contributed by atoms with Crippen molar-refractivity contribution in [1.29, 1.82) is 0 Å². The van der Waals surface area contributed by atoms with Gasteiger partial charge in [0.25, 0.3) is 0 Å². The molecule has 4 nitrogen and oxygen atoms in total. The van der Waals surface area contributed by atoms with Crippen LogP contribution in [-0.4, -0.2) is 49.8 Å². The molecule has 0 aromatic heterocycles. The van der Waals surface area contributed by atoms with Crippen LogP contribution in [0.25, 0.3) is 0 Å². The molecule has 3 aliphatic rings. The number of rotatable bonds is 3. The molecule has 3 atom stereocenters. The van der Waals surface area contributed by atoms with Crippen molar-refractivity contribution in [3.63, 3.8) is 0 Å². The van der Waals surface area contributed by atoms with Crippen LogP contribution in [0, 0.1) is 17.7 Å². The third kappa shape index (κ3) is 2.81. The molecule has 0 amide bonds. The van der Waals surface area contributed by atoms with Crippen LogP contribution in [0.1, 0.15) is 25.7 Å². The summed E-state index contributed by atoms with van der Waals surface area (Å²) in [6.45, 7) is 2.70. The van der Waals surface area contributed by atoms with E-state index in [1.165, 1.54) is 49.9 Å². The van der Waals surface area contributed by atoms with Gasteiger partial charge in [-0.25, -0.2) is 12.8 Å². The maximum atomic E-state index is 13.0. The Balaban J connectivity index is 1.42. The van der Waals surface area contributed by atoms with Gasteiger partial charge in [-0.1, -0.05) is 6.42 Å². The van der Waals surface area contributed by atoms with Crippen molar-refractivity contribution < 1.29 is 12.8 Å². The molecule has 0 spiro atoms. The second-order valence-electron chi connectivity index (χ2n) is 7.14. The quantitative estimate of drug-likeness (QED) is 0.849. The molecule has 0 N–H and O–H groups in total. The SMILES string of the molecule is O=S(=O)(c1ccc(F)cc1)N1CCN([C@H]2C[C@H]3CC[C@H]2C3)CC1. The van der Waals surface area contributed by atoms with E-state index in [2.05, 4.69) is 4.90 Å². The molecule has 23 heavy (non-hydrogen) atoms. The fraction of sp³-hybridized carbons (Fsp3) is 0.647. The van der Waals surface area contributed by atoms with Gasteiger partial charge in [0.1, 0.15) is 5.82 Å². The topological polar surface area (TPSA) is 40.6 Å². The Morgan fingerprint density at radius 3 is 2.22 bits per heavy atom. The van der Waals surface area contributed by atoms with E-state index in [4.69, 9.17) is 0 Å². The number of sulfonamides is 1. The highest BCUT2D eigenvalue weighted by molar-refractivity contribution is 7.89. The summed E-state index contributed by atoms with van der Waals surface area (Å²) in [4.78, 5) is 2.69. The van der Waals surface area contributed by atoms with E-state index >= 15 is 0 Å². The average Bonchev–Trinajstić information content (AvgIpc) is 3.18. The highest BCUT2D eigenvalue weighted by Gasteiger charge is 2.43. The van der Waals surface area contributed by atoms with Crippen molar-refractivity contribution in [3.8, 4) is 0 Å². The molecule has 2 aliphatic carbocycles. The van der Waals surface area contributed by atoms with E-state index in [1.54, 1.807) is 4.31 Å². The fourth-order valence-electron chi connectivity index (χ4n) is 4.69. The number of piperazine rings is 1. The molecule has 0 unspecified atom stereocenters. The van der Waals surface area contributed by atoms with Gasteiger partial charge in [-0.15, -0.1) is 0 Å². The third-order valence-electron chi connectivity index (χ3n) is 5.89. The summed E-state index contributed by atoms with van der Waals surface area (Å²) >= 11 is 0. The zero-order chi connectivity index (χ0) is 16.0. The molecule has 126 valence electrons. The molecule has 1 aliphatic heterocycles. The summed E-state index contributed by atoms with van der Waals surface area (Å²) in [6.07, 6.45) is 5.41. The molecule has 1 saturated heterocycles. The van der Waals surface area contributed by atoms with Crippen LogP contribution in [-0.2, 0) is 10.0 Å². The smallest absolute Gasteiger partial charge is 0.243 e. The van der Waals surface area contributed by atoms with Gasteiger partial charge < -0.3 is 0 Å². The zero-order valence-electron chi connectivity index (χ0n) is 13.2. The summed E-state index contributed by atoms with van der Waals surface area (Å²) in [6, 6.07) is 5.79. The zero-order valence-corrected chi connectivity index (χ0v) is 14.0. The number of fused-ring (bicyclic) bond motifs is 2. The first-order chi connectivity index (χ1) is 11.0. The van der Waals surface area contributed by atoms with Crippen LogP contribution in [0.15, 0.2) is 29.2 Å². The highest BCUT2D eigenvalue weighted by Crippen LogP contribution is 2.46.